The minimum atomic E-state index is -0.868. The van der Waals surface area contributed by atoms with E-state index in [0.29, 0.717) is 21.9 Å². The number of benzene rings is 1. The Labute approximate surface area is 197 Å². The fourth-order valence-electron chi connectivity index (χ4n) is 3.47. The van der Waals surface area contributed by atoms with Gasteiger partial charge in [-0.05, 0) is 39.0 Å². The van der Waals surface area contributed by atoms with Crippen molar-refractivity contribution < 1.29 is 19.0 Å². The number of hydrogen-bond acceptors (Lipinski definition) is 6. The Kier molecular flexibility index (Phi) is 7.61. The summed E-state index contributed by atoms with van der Waals surface area (Å²) in [7, 11) is 3.04. The molecule has 0 aliphatic heterocycles. The van der Waals surface area contributed by atoms with Crippen molar-refractivity contribution in [3.8, 4) is 22.6 Å². The monoisotopic (exact) mass is 473 g/mol. The first-order valence-corrected chi connectivity index (χ1v) is 10.8. The summed E-state index contributed by atoms with van der Waals surface area (Å²) in [6.07, 6.45) is 6.91. The zero-order valence-corrected chi connectivity index (χ0v) is 20.1. The molecule has 0 fully saturated rings. The number of esters is 1. The van der Waals surface area contributed by atoms with Crippen molar-refractivity contribution in [2.75, 3.05) is 20.8 Å². The van der Waals surface area contributed by atoms with E-state index in [1.807, 2.05) is 10.6 Å². The van der Waals surface area contributed by atoms with Gasteiger partial charge < -0.3 is 18.8 Å². The lowest BCUT2D eigenvalue weighted by Crippen LogP contribution is -2.35. The van der Waals surface area contributed by atoms with Crippen LogP contribution in [0.1, 0.15) is 33.2 Å². The third kappa shape index (κ3) is 5.83. The van der Waals surface area contributed by atoms with Crippen molar-refractivity contribution in [3.05, 3.63) is 64.6 Å². The zero-order chi connectivity index (χ0) is 24.2. The summed E-state index contributed by atoms with van der Waals surface area (Å²) in [5, 5.41) is 0.506. The van der Waals surface area contributed by atoms with Crippen molar-refractivity contribution in [1.82, 2.24) is 14.1 Å². The fraction of sp³-hybridized carbons (Fsp3) is 0.375. The summed E-state index contributed by atoms with van der Waals surface area (Å²) < 4.78 is 19.5. The van der Waals surface area contributed by atoms with Crippen LogP contribution in [0, 0.1) is 0 Å². The van der Waals surface area contributed by atoms with Gasteiger partial charge in [0.15, 0.2) is 0 Å². The van der Waals surface area contributed by atoms with Gasteiger partial charge in [-0.2, -0.15) is 0 Å². The second kappa shape index (κ2) is 10.2. The molecule has 176 valence electrons. The molecule has 1 aromatic carbocycles. The number of halogens is 1. The Balaban J connectivity index is 2.14. The molecule has 0 amide bonds. The number of methoxy groups -OCH3 is 2. The molecule has 0 saturated heterocycles. The predicted molar refractivity (Wildman–Crippen MR) is 126 cm³/mol. The van der Waals surface area contributed by atoms with Gasteiger partial charge in [-0.1, -0.05) is 11.6 Å². The van der Waals surface area contributed by atoms with Crippen LogP contribution in [0.4, 0.5) is 0 Å². The SMILES string of the molecule is COCCC(C(=O)OC(C)(C)C)n1cc(OC)c(-c2cc(Cl)ccc2-n2ccnc2)cc1=O. The van der Waals surface area contributed by atoms with E-state index in [0.717, 1.165) is 5.69 Å². The molecule has 8 nitrogen and oxygen atoms in total. The van der Waals surface area contributed by atoms with Crippen molar-refractivity contribution in [2.24, 2.45) is 0 Å². The maximum Gasteiger partial charge on any atom is 0.329 e. The molecule has 1 atom stereocenters. The van der Waals surface area contributed by atoms with E-state index in [2.05, 4.69) is 4.98 Å². The molecule has 2 heterocycles. The zero-order valence-electron chi connectivity index (χ0n) is 19.4. The van der Waals surface area contributed by atoms with Gasteiger partial charge in [-0.3, -0.25) is 9.36 Å². The third-order valence-corrected chi connectivity index (χ3v) is 5.14. The van der Waals surface area contributed by atoms with Crippen molar-refractivity contribution >= 4 is 17.6 Å². The molecule has 3 rings (SSSR count). The Morgan fingerprint density at radius 3 is 2.55 bits per heavy atom. The number of nitrogens with zero attached hydrogens (tertiary/aromatic N) is 3. The van der Waals surface area contributed by atoms with Crippen LogP contribution in [-0.2, 0) is 14.3 Å². The molecule has 3 aromatic rings. The first-order chi connectivity index (χ1) is 15.6. The van der Waals surface area contributed by atoms with E-state index in [9.17, 15) is 9.59 Å². The van der Waals surface area contributed by atoms with Gasteiger partial charge in [0, 0.05) is 54.7 Å². The molecule has 33 heavy (non-hydrogen) atoms. The highest BCUT2D eigenvalue weighted by Crippen LogP contribution is 2.35. The molecule has 0 radical (unpaired) electrons. The summed E-state index contributed by atoms with van der Waals surface area (Å²) in [6, 6.07) is 5.93. The molecular weight excluding hydrogens is 446 g/mol. The number of imidazole rings is 1. The molecule has 0 spiro atoms. The molecule has 0 aliphatic carbocycles. The Morgan fingerprint density at radius 1 is 1.18 bits per heavy atom. The lowest BCUT2D eigenvalue weighted by Gasteiger charge is -2.25. The van der Waals surface area contributed by atoms with Crippen LogP contribution in [0.5, 0.6) is 5.75 Å². The predicted octanol–water partition coefficient (Wildman–Crippen LogP) is 4.28. The minimum Gasteiger partial charge on any atom is -0.495 e. The second-order valence-electron chi connectivity index (χ2n) is 8.46. The number of hydrogen-bond donors (Lipinski definition) is 0. The van der Waals surface area contributed by atoms with Gasteiger partial charge in [-0.15, -0.1) is 0 Å². The topological polar surface area (TPSA) is 84.6 Å². The van der Waals surface area contributed by atoms with E-state index in [4.69, 9.17) is 25.8 Å². The van der Waals surface area contributed by atoms with Crippen LogP contribution in [0.3, 0.4) is 0 Å². The molecule has 2 aromatic heterocycles. The number of aromatic nitrogens is 3. The highest BCUT2D eigenvalue weighted by atomic mass is 35.5. The van der Waals surface area contributed by atoms with Gasteiger partial charge in [-0.25, -0.2) is 9.78 Å². The van der Waals surface area contributed by atoms with Crippen molar-refractivity contribution in [2.45, 2.75) is 38.8 Å². The number of rotatable bonds is 8. The second-order valence-corrected chi connectivity index (χ2v) is 8.90. The van der Waals surface area contributed by atoms with E-state index in [1.165, 1.54) is 31.0 Å². The van der Waals surface area contributed by atoms with E-state index in [-0.39, 0.29) is 18.6 Å². The Hall–Kier alpha value is -3.10. The maximum absolute atomic E-state index is 13.2. The van der Waals surface area contributed by atoms with E-state index >= 15 is 0 Å². The van der Waals surface area contributed by atoms with Crippen LogP contribution in [0.25, 0.3) is 16.8 Å². The number of ether oxygens (including phenoxy) is 3. The summed E-state index contributed by atoms with van der Waals surface area (Å²) in [6.45, 7) is 5.62. The largest absolute Gasteiger partial charge is 0.495 e. The lowest BCUT2D eigenvalue weighted by molar-refractivity contribution is -0.159. The number of pyridine rings is 1. The summed E-state index contributed by atoms with van der Waals surface area (Å²) in [5.74, 6) is -0.109. The van der Waals surface area contributed by atoms with Crippen LogP contribution in [-0.4, -0.2) is 46.5 Å². The summed E-state index contributed by atoms with van der Waals surface area (Å²) >= 11 is 6.28. The van der Waals surface area contributed by atoms with Crippen molar-refractivity contribution in [1.29, 1.82) is 0 Å². The Bertz CT molecular complexity index is 1170. The molecular formula is C24H28ClN3O5. The van der Waals surface area contributed by atoms with Crippen LogP contribution in [0.2, 0.25) is 5.02 Å². The maximum atomic E-state index is 13.2. The third-order valence-electron chi connectivity index (χ3n) is 4.91. The molecule has 0 bridgehead atoms. The minimum absolute atomic E-state index is 0.269. The molecule has 0 N–H and O–H groups in total. The highest BCUT2D eigenvalue weighted by Gasteiger charge is 2.28. The van der Waals surface area contributed by atoms with Crippen LogP contribution < -0.4 is 10.3 Å². The van der Waals surface area contributed by atoms with Gasteiger partial charge in [0.1, 0.15) is 17.4 Å². The number of carbonyl (C=O) groups excluding carboxylic acids is 1. The Morgan fingerprint density at radius 2 is 1.94 bits per heavy atom. The smallest absolute Gasteiger partial charge is 0.329 e. The number of carbonyl (C=O) groups is 1. The van der Waals surface area contributed by atoms with Gasteiger partial charge in [0.2, 0.25) is 0 Å². The van der Waals surface area contributed by atoms with Crippen molar-refractivity contribution in [3.63, 3.8) is 0 Å². The quantitative estimate of drug-likeness (QED) is 0.454. The van der Waals surface area contributed by atoms with Gasteiger partial charge in [0.05, 0.1) is 25.3 Å². The fourth-order valence-corrected chi connectivity index (χ4v) is 3.64. The van der Waals surface area contributed by atoms with Crippen LogP contribution >= 0.6 is 11.6 Å². The molecule has 9 heteroatoms. The first kappa shape index (κ1) is 24.5. The highest BCUT2D eigenvalue weighted by molar-refractivity contribution is 6.31. The molecule has 0 aliphatic rings. The summed E-state index contributed by atoms with van der Waals surface area (Å²) in [5.41, 5.74) is 0.924. The average Bonchev–Trinajstić information content (AvgIpc) is 3.28. The lowest BCUT2D eigenvalue weighted by atomic mass is 10.0. The normalized spacial score (nSPS) is 12.4. The van der Waals surface area contributed by atoms with Crippen LogP contribution in [0.15, 0.2) is 54.0 Å². The van der Waals surface area contributed by atoms with E-state index in [1.54, 1.807) is 51.6 Å². The first-order valence-electron chi connectivity index (χ1n) is 10.4. The average molecular weight is 474 g/mol. The summed E-state index contributed by atoms with van der Waals surface area (Å²) in [4.78, 5) is 30.3. The van der Waals surface area contributed by atoms with E-state index < -0.39 is 17.6 Å². The van der Waals surface area contributed by atoms with Gasteiger partial charge in [0.25, 0.3) is 5.56 Å². The molecule has 1 unspecified atom stereocenters. The standard InChI is InChI=1S/C24H28ClN3O5/c1-24(2,3)33-23(30)20(8-11-31-4)28-14-21(32-5)18(13-22(28)29)17-12-16(25)6-7-19(17)27-10-9-26-15-27/h6-7,9-10,12-15,20H,8,11H2,1-5H3. The van der Waals surface area contributed by atoms with Gasteiger partial charge >= 0.3 is 5.97 Å². The molecule has 0 saturated carbocycles.